The van der Waals surface area contributed by atoms with Crippen molar-refractivity contribution in [3.8, 4) is 0 Å². The maximum atomic E-state index is 11.9. The van der Waals surface area contributed by atoms with Gasteiger partial charge in [-0.2, -0.15) is 0 Å². The van der Waals surface area contributed by atoms with E-state index in [0.717, 1.165) is 12.1 Å². The zero-order chi connectivity index (χ0) is 11.7. The summed E-state index contributed by atoms with van der Waals surface area (Å²) in [5, 5.41) is 6.67. The molecule has 2 unspecified atom stereocenters. The first-order chi connectivity index (χ1) is 7.63. The van der Waals surface area contributed by atoms with Crippen molar-refractivity contribution in [2.75, 3.05) is 10.6 Å². The number of para-hydroxylation sites is 1. The molecule has 3 nitrogen and oxygen atoms in total. The van der Waals surface area contributed by atoms with Crippen molar-refractivity contribution in [1.29, 1.82) is 0 Å². The van der Waals surface area contributed by atoms with Crippen LogP contribution in [0.5, 0.6) is 0 Å². The van der Waals surface area contributed by atoms with Gasteiger partial charge in [-0.15, -0.1) is 0 Å². The Kier molecular flexibility index (Phi) is 3.06. The van der Waals surface area contributed by atoms with E-state index in [0.29, 0.717) is 16.6 Å². The van der Waals surface area contributed by atoms with E-state index < -0.39 is 0 Å². The number of carbonyl (C=O) groups excluding carboxylic acids is 1. The molecular weight excluding hydrogens is 224 g/mol. The summed E-state index contributed by atoms with van der Waals surface area (Å²) in [6, 6.07) is 5.40. The predicted molar refractivity (Wildman–Crippen MR) is 66.9 cm³/mol. The number of fused-ring (bicyclic) bond motifs is 1. The molecule has 1 aliphatic rings. The molecule has 2 N–H and O–H groups in total. The minimum Gasteiger partial charge on any atom is -0.372 e. The highest BCUT2D eigenvalue weighted by molar-refractivity contribution is 6.35. The van der Waals surface area contributed by atoms with E-state index in [9.17, 15) is 4.79 Å². The van der Waals surface area contributed by atoms with Crippen LogP contribution < -0.4 is 10.6 Å². The number of halogens is 1. The molecule has 1 heterocycles. The van der Waals surface area contributed by atoms with Crippen LogP contribution in [0.1, 0.15) is 20.3 Å². The number of carbonyl (C=O) groups is 1. The van der Waals surface area contributed by atoms with E-state index in [2.05, 4.69) is 24.5 Å². The van der Waals surface area contributed by atoms with Gasteiger partial charge >= 0.3 is 0 Å². The van der Waals surface area contributed by atoms with E-state index in [1.54, 1.807) is 6.07 Å². The van der Waals surface area contributed by atoms with Crippen LogP contribution in [0.2, 0.25) is 5.02 Å². The number of rotatable bonds is 2. The number of anilines is 2. The van der Waals surface area contributed by atoms with Gasteiger partial charge in [0.05, 0.1) is 16.4 Å². The third-order valence-electron chi connectivity index (χ3n) is 3.07. The summed E-state index contributed by atoms with van der Waals surface area (Å²) in [5.74, 6) is 0.294. The van der Waals surface area contributed by atoms with Gasteiger partial charge in [-0.25, -0.2) is 0 Å². The first-order valence-electron chi connectivity index (χ1n) is 5.49. The summed E-state index contributed by atoms with van der Waals surface area (Å²) in [4.78, 5) is 11.9. The van der Waals surface area contributed by atoms with Crippen LogP contribution in [0.15, 0.2) is 18.2 Å². The molecule has 2 atom stereocenters. The average molecular weight is 239 g/mol. The van der Waals surface area contributed by atoms with Crippen molar-refractivity contribution in [1.82, 2.24) is 0 Å². The number of benzene rings is 1. The van der Waals surface area contributed by atoms with Crippen LogP contribution in [-0.2, 0) is 4.79 Å². The lowest BCUT2D eigenvalue weighted by Crippen LogP contribution is -2.43. The van der Waals surface area contributed by atoms with E-state index in [4.69, 9.17) is 11.6 Å². The van der Waals surface area contributed by atoms with Crippen LogP contribution in [0, 0.1) is 5.92 Å². The fourth-order valence-corrected chi connectivity index (χ4v) is 2.06. The second-order valence-corrected chi connectivity index (χ2v) is 4.57. The zero-order valence-corrected chi connectivity index (χ0v) is 10.1. The SMILES string of the molecule is CCC(C)C1Nc2cccc(Cl)c2NC1=O. The molecule has 1 amide bonds. The Hall–Kier alpha value is -1.22. The van der Waals surface area contributed by atoms with E-state index in [1.807, 2.05) is 12.1 Å². The molecule has 0 radical (unpaired) electrons. The lowest BCUT2D eigenvalue weighted by molar-refractivity contribution is -0.118. The zero-order valence-electron chi connectivity index (χ0n) is 9.38. The lowest BCUT2D eigenvalue weighted by atomic mass is 9.96. The molecule has 0 fully saturated rings. The highest BCUT2D eigenvalue weighted by Crippen LogP contribution is 2.34. The number of hydrogen-bond donors (Lipinski definition) is 2. The van der Waals surface area contributed by atoms with Crippen LogP contribution in [0.3, 0.4) is 0 Å². The number of nitrogens with one attached hydrogen (secondary N) is 2. The summed E-state index contributed by atoms with van der Waals surface area (Å²) in [6.07, 6.45) is 0.959. The summed E-state index contributed by atoms with van der Waals surface area (Å²) in [7, 11) is 0. The van der Waals surface area contributed by atoms with Gasteiger partial charge in [0.25, 0.3) is 0 Å². The topological polar surface area (TPSA) is 41.1 Å². The molecule has 0 bridgehead atoms. The first kappa shape index (κ1) is 11.3. The third-order valence-corrected chi connectivity index (χ3v) is 3.38. The van der Waals surface area contributed by atoms with Crippen molar-refractivity contribution in [2.24, 2.45) is 5.92 Å². The summed E-state index contributed by atoms with van der Waals surface area (Å²) in [5.41, 5.74) is 1.59. The van der Waals surface area contributed by atoms with Crippen molar-refractivity contribution in [2.45, 2.75) is 26.3 Å². The molecule has 16 heavy (non-hydrogen) atoms. The highest BCUT2D eigenvalue weighted by atomic mass is 35.5. The fraction of sp³-hybridized carbons (Fsp3) is 0.417. The summed E-state index contributed by atoms with van der Waals surface area (Å²) >= 11 is 6.01. The van der Waals surface area contributed by atoms with Crippen molar-refractivity contribution in [3.63, 3.8) is 0 Å². The molecule has 0 spiro atoms. The Morgan fingerprint density at radius 3 is 2.94 bits per heavy atom. The molecule has 1 aromatic carbocycles. The van der Waals surface area contributed by atoms with Gasteiger partial charge in [0.2, 0.25) is 5.91 Å². The second-order valence-electron chi connectivity index (χ2n) is 4.16. The van der Waals surface area contributed by atoms with Crippen molar-refractivity contribution < 1.29 is 4.79 Å². The Labute approximate surface area is 100 Å². The van der Waals surface area contributed by atoms with E-state index in [1.165, 1.54) is 0 Å². The quantitative estimate of drug-likeness (QED) is 0.831. The Morgan fingerprint density at radius 2 is 2.25 bits per heavy atom. The number of hydrogen-bond acceptors (Lipinski definition) is 2. The Bertz CT molecular complexity index is 419. The third kappa shape index (κ3) is 1.87. The molecule has 2 rings (SSSR count). The smallest absolute Gasteiger partial charge is 0.247 e. The Morgan fingerprint density at radius 1 is 1.50 bits per heavy atom. The highest BCUT2D eigenvalue weighted by Gasteiger charge is 2.29. The van der Waals surface area contributed by atoms with Gasteiger partial charge in [-0.3, -0.25) is 4.79 Å². The minimum atomic E-state index is -0.170. The summed E-state index contributed by atoms with van der Waals surface area (Å²) in [6.45, 7) is 4.14. The molecule has 4 heteroatoms. The van der Waals surface area contributed by atoms with E-state index in [-0.39, 0.29) is 11.9 Å². The standard InChI is InChI=1S/C12H15ClN2O/c1-3-7(2)10-12(16)15-11-8(13)5-4-6-9(11)14-10/h4-7,10,14H,3H2,1-2H3,(H,15,16). The van der Waals surface area contributed by atoms with Crippen molar-refractivity contribution in [3.05, 3.63) is 23.2 Å². The Balaban J connectivity index is 2.32. The van der Waals surface area contributed by atoms with Crippen LogP contribution in [0.25, 0.3) is 0 Å². The molecule has 0 aromatic heterocycles. The van der Waals surface area contributed by atoms with Crippen molar-refractivity contribution >= 4 is 28.9 Å². The maximum absolute atomic E-state index is 11.9. The molecule has 0 aliphatic carbocycles. The monoisotopic (exact) mass is 238 g/mol. The maximum Gasteiger partial charge on any atom is 0.247 e. The predicted octanol–water partition coefficient (Wildman–Crippen LogP) is 3.12. The fourth-order valence-electron chi connectivity index (χ4n) is 1.84. The number of amides is 1. The van der Waals surface area contributed by atoms with Crippen LogP contribution >= 0.6 is 11.6 Å². The largest absolute Gasteiger partial charge is 0.372 e. The van der Waals surface area contributed by atoms with Crippen LogP contribution in [-0.4, -0.2) is 11.9 Å². The molecule has 86 valence electrons. The second kappa shape index (κ2) is 4.34. The van der Waals surface area contributed by atoms with Gasteiger partial charge in [0, 0.05) is 0 Å². The van der Waals surface area contributed by atoms with E-state index >= 15 is 0 Å². The molecule has 1 aliphatic heterocycles. The molecule has 0 saturated heterocycles. The van der Waals surface area contributed by atoms with Gasteiger partial charge in [-0.05, 0) is 18.1 Å². The molecular formula is C12H15ClN2O. The van der Waals surface area contributed by atoms with Gasteiger partial charge in [-0.1, -0.05) is 37.9 Å². The average Bonchev–Trinajstić information content (AvgIpc) is 2.29. The van der Waals surface area contributed by atoms with Gasteiger partial charge in [0.1, 0.15) is 6.04 Å². The van der Waals surface area contributed by atoms with Gasteiger partial charge < -0.3 is 10.6 Å². The minimum absolute atomic E-state index is 0.00468. The normalized spacial score (nSPS) is 20.7. The molecule has 0 saturated carbocycles. The first-order valence-corrected chi connectivity index (χ1v) is 5.87. The van der Waals surface area contributed by atoms with Crippen LogP contribution in [0.4, 0.5) is 11.4 Å². The molecule has 1 aromatic rings. The lowest BCUT2D eigenvalue weighted by Gasteiger charge is -2.30. The summed E-state index contributed by atoms with van der Waals surface area (Å²) < 4.78 is 0. The van der Waals surface area contributed by atoms with Gasteiger partial charge in [0.15, 0.2) is 0 Å².